The lowest BCUT2D eigenvalue weighted by Gasteiger charge is -2.32. The lowest BCUT2D eigenvalue weighted by Crippen LogP contribution is -2.58. The number of hydrogen-bond donors (Lipinski definition) is 2. The minimum atomic E-state index is -0.981. The van der Waals surface area contributed by atoms with Crippen molar-refractivity contribution in [2.75, 3.05) is 19.6 Å². The number of amides is 4. The molecule has 1 heterocycles. The lowest BCUT2D eigenvalue weighted by molar-refractivity contribution is -0.153. The molecule has 1 saturated heterocycles. The zero-order valence-corrected chi connectivity index (χ0v) is 15.0. The van der Waals surface area contributed by atoms with Crippen LogP contribution in [0.5, 0.6) is 5.75 Å². The quantitative estimate of drug-likeness (QED) is 0.405. The molecule has 2 N–H and O–H groups in total. The summed E-state index contributed by atoms with van der Waals surface area (Å²) in [6, 6.07) is 4.00. The van der Waals surface area contributed by atoms with Gasteiger partial charge in [-0.3, -0.25) is 19.3 Å². The smallest absolute Gasteiger partial charge is 0.325 e. The van der Waals surface area contributed by atoms with Crippen LogP contribution in [0, 0.1) is 0 Å². The van der Waals surface area contributed by atoms with Crippen LogP contribution in [0.4, 0.5) is 4.79 Å². The Labute approximate surface area is 151 Å². The molecule has 0 aliphatic carbocycles. The number of likely N-dealkylation sites (N-methyl/N-ethyl adjacent to an activating group) is 1. The molecular formula is C15H16IN3O5. The molecule has 4 amide bonds. The molecule has 0 spiro atoms. The molecule has 0 radical (unpaired) electrons. The van der Waals surface area contributed by atoms with Gasteiger partial charge in [0.15, 0.2) is 0 Å². The highest BCUT2D eigenvalue weighted by molar-refractivity contribution is 14.1. The van der Waals surface area contributed by atoms with Crippen LogP contribution in [-0.2, 0) is 14.4 Å². The minimum Gasteiger partial charge on any atom is -0.508 e. The number of aromatic hydroxyl groups is 1. The van der Waals surface area contributed by atoms with Gasteiger partial charge in [0, 0.05) is 42.2 Å². The van der Waals surface area contributed by atoms with Gasteiger partial charge in [0.25, 0.3) is 0 Å². The first-order chi connectivity index (χ1) is 11.3. The average Bonchev–Trinajstić information content (AvgIpc) is 2.55. The van der Waals surface area contributed by atoms with Crippen molar-refractivity contribution < 1.29 is 24.3 Å². The second-order valence-corrected chi connectivity index (χ2v) is 6.18. The van der Waals surface area contributed by atoms with E-state index >= 15 is 0 Å². The first kappa shape index (κ1) is 18.2. The Bertz CT molecular complexity index is 676. The molecule has 9 heteroatoms. The molecule has 0 bridgehead atoms. The van der Waals surface area contributed by atoms with Crippen molar-refractivity contribution in [3.05, 3.63) is 29.8 Å². The maximum Gasteiger partial charge on any atom is 0.325 e. The Morgan fingerprint density at radius 1 is 1.21 bits per heavy atom. The molecule has 24 heavy (non-hydrogen) atoms. The molecule has 1 aliphatic heterocycles. The van der Waals surface area contributed by atoms with E-state index in [1.54, 1.807) is 29.5 Å². The van der Waals surface area contributed by atoms with E-state index in [2.05, 4.69) is 5.32 Å². The number of urea groups is 1. The van der Waals surface area contributed by atoms with Crippen LogP contribution in [-0.4, -0.2) is 56.2 Å². The topological polar surface area (TPSA) is 107 Å². The van der Waals surface area contributed by atoms with E-state index in [4.69, 9.17) is 0 Å². The zero-order valence-electron chi connectivity index (χ0n) is 12.9. The van der Waals surface area contributed by atoms with Gasteiger partial charge in [0.05, 0.1) is 0 Å². The van der Waals surface area contributed by atoms with Crippen LogP contribution < -0.4 is 5.32 Å². The average molecular weight is 445 g/mol. The van der Waals surface area contributed by atoms with Crippen molar-refractivity contribution >= 4 is 44.2 Å². The maximum absolute atomic E-state index is 12.3. The highest BCUT2D eigenvalue weighted by atomic mass is 127. The molecular weight excluding hydrogens is 429 g/mol. The summed E-state index contributed by atoms with van der Waals surface area (Å²) in [5.41, 5.74) is 0.464. The molecule has 1 fully saturated rings. The van der Waals surface area contributed by atoms with Crippen molar-refractivity contribution in [1.82, 2.24) is 15.1 Å². The largest absolute Gasteiger partial charge is 0.508 e. The Balaban J connectivity index is 2.14. The van der Waals surface area contributed by atoms with Crippen LogP contribution in [0.1, 0.15) is 18.5 Å². The van der Waals surface area contributed by atoms with Crippen LogP contribution in [0.15, 0.2) is 24.3 Å². The lowest BCUT2D eigenvalue weighted by atomic mass is 10.1. The van der Waals surface area contributed by atoms with Gasteiger partial charge in [-0.25, -0.2) is 4.79 Å². The SMILES string of the molecule is CCN1CCN(C(=O)N[C@@H](C(=O)I)c2ccc(O)cc2)C(=O)C1=O. The Kier molecular flexibility index (Phi) is 5.75. The minimum absolute atomic E-state index is 0.0289. The Morgan fingerprint density at radius 2 is 1.83 bits per heavy atom. The van der Waals surface area contributed by atoms with E-state index in [-0.39, 0.29) is 22.6 Å². The van der Waals surface area contributed by atoms with Gasteiger partial charge in [-0.15, -0.1) is 0 Å². The molecule has 1 atom stereocenters. The van der Waals surface area contributed by atoms with Crippen molar-refractivity contribution in [1.29, 1.82) is 0 Å². The number of benzene rings is 1. The van der Waals surface area contributed by atoms with Crippen LogP contribution >= 0.6 is 22.6 Å². The number of halogens is 1. The predicted octanol–water partition coefficient (Wildman–Crippen LogP) is 0.795. The molecule has 1 aliphatic rings. The standard InChI is InChI=1S/C15H16IN3O5/c1-2-18-7-8-19(14(23)13(18)22)15(24)17-11(12(16)21)9-3-5-10(20)6-4-9/h3-6,11,20H,2,7-8H2,1H3,(H,17,24)/t11-/m1/s1. The van der Waals surface area contributed by atoms with E-state index in [1.165, 1.54) is 29.2 Å². The summed E-state index contributed by atoms with van der Waals surface area (Å²) in [5, 5.41) is 11.8. The number of nitrogens with one attached hydrogen (secondary N) is 1. The summed E-state index contributed by atoms with van der Waals surface area (Å²) in [7, 11) is 0. The van der Waals surface area contributed by atoms with Crippen molar-refractivity contribution in [2.24, 2.45) is 0 Å². The second kappa shape index (κ2) is 7.60. The van der Waals surface area contributed by atoms with Gasteiger partial charge in [0.1, 0.15) is 11.8 Å². The van der Waals surface area contributed by atoms with Gasteiger partial charge in [-0.1, -0.05) is 12.1 Å². The van der Waals surface area contributed by atoms with Gasteiger partial charge in [-0.2, -0.15) is 0 Å². The third-order valence-electron chi connectivity index (χ3n) is 3.66. The Morgan fingerprint density at radius 3 is 2.38 bits per heavy atom. The first-order valence-corrected chi connectivity index (χ1v) is 8.32. The number of carbonyl (C=O) groups excluding carboxylic acids is 4. The number of phenols is 1. The highest BCUT2D eigenvalue weighted by Crippen LogP contribution is 2.20. The summed E-state index contributed by atoms with van der Waals surface area (Å²) >= 11 is 1.54. The molecule has 1 aromatic rings. The fraction of sp³-hybridized carbons (Fsp3) is 0.333. The summed E-state index contributed by atoms with van der Waals surface area (Å²) < 4.78 is -0.363. The molecule has 1 aromatic carbocycles. The number of nitrogens with zero attached hydrogens (tertiary/aromatic N) is 2. The molecule has 0 unspecified atom stereocenters. The maximum atomic E-state index is 12.3. The number of phenolic OH excluding ortho intramolecular Hbond substituents is 1. The van der Waals surface area contributed by atoms with E-state index in [9.17, 15) is 24.3 Å². The van der Waals surface area contributed by atoms with Gasteiger partial charge < -0.3 is 15.3 Å². The highest BCUT2D eigenvalue weighted by Gasteiger charge is 2.36. The van der Waals surface area contributed by atoms with E-state index in [1.807, 2.05) is 0 Å². The normalized spacial score (nSPS) is 16.1. The molecule has 0 saturated carbocycles. The van der Waals surface area contributed by atoms with Crippen molar-refractivity contribution in [3.63, 3.8) is 0 Å². The molecule has 2 rings (SSSR count). The summed E-state index contributed by atoms with van der Waals surface area (Å²) in [6.07, 6.45) is 0. The summed E-state index contributed by atoms with van der Waals surface area (Å²) in [5.74, 6) is -1.62. The molecule has 8 nitrogen and oxygen atoms in total. The number of rotatable bonds is 4. The van der Waals surface area contributed by atoms with E-state index in [0.29, 0.717) is 12.1 Å². The fourth-order valence-corrected chi connectivity index (χ4v) is 2.82. The van der Waals surface area contributed by atoms with E-state index in [0.717, 1.165) is 4.90 Å². The number of carbonyl (C=O) groups is 4. The van der Waals surface area contributed by atoms with Gasteiger partial charge in [0.2, 0.25) is 3.79 Å². The molecule has 128 valence electrons. The van der Waals surface area contributed by atoms with Crippen LogP contribution in [0.2, 0.25) is 0 Å². The predicted molar refractivity (Wildman–Crippen MR) is 92.4 cm³/mol. The van der Waals surface area contributed by atoms with Crippen molar-refractivity contribution in [3.8, 4) is 5.75 Å². The number of imide groups is 1. The van der Waals surface area contributed by atoms with Gasteiger partial charge in [-0.05, 0) is 24.6 Å². The second-order valence-electron chi connectivity index (χ2n) is 5.12. The fourth-order valence-electron chi connectivity index (χ4n) is 2.31. The molecule has 0 aromatic heterocycles. The van der Waals surface area contributed by atoms with Crippen LogP contribution in [0.3, 0.4) is 0 Å². The van der Waals surface area contributed by atoms with Crippen molar-refractivity contribution in [2.45, 2.75) is 13.0 Å². The van der Waals surface area contributed by atoms with Crippen LogP contribution in [0.25, 0.3) is 0 Å². The first-order valence-electron chi connectivity index (χ1n) is 7.24. The van der Waals surface area contributed by atoms with E-state index < -0.39 is 23.9 Å². The Hall–Kier alpha value is -2.17. The van der Waals surface area contributed by atoms with Gasteiger partial charge >= 0.3 is 17.8 Å². The zero-order chi connectivity index (χ0) is 17.9. The summed E-state index contributed by atoms with van der Waals surface area (Å²) in [6.45, 7) is 2.47. The summed E-state index contributed by atoms with van der Waals surface area (Å²) in [4.78, 5) is 50.2. The third-order valence-corrected chi connectivity index (χ3v) is 4.28. The number of hydrogen-bond acceptors (Lipinski definition) is 5. The third kappa shape index (κ3) is 3.83. The monoisotopic (exact) mass is 445 g/mol. The number of piperazine rings is 1.